The van der Waals surface area contributed by atoms with E-state index in [0.29, 0.717) is 6.61 Å². The lowest BCUT2D eigenvalue weighted by Crippen LogP contribution is -2.22. The third-order valence-electron chi connectivity index (χ3n) is 4.47. The van der Waals surface area contributed by atoms with Gasteiger partial charge in [-0.3, -0.25) is 4.79 Å². The van der Waals surface area contributed by atoms with Crippen LogP contribution < -0.4 is 5.32 Å². The van der Waals surface area contributed by atoms with Crippen LogP contribution in [0.2, 0.25) is 0 Å². The molecule has 0 aromatic heterocycles. The molecule has 1 amide bonds. The van der Waals surface area contributed by atoms with Gasteiger partial charge in [-0.05, 0) is 55.6 Å². The minimum atomic E-state index is -0.128. The van der Waals surface area contributed by atoms with Crippen LogP contribution >= 0.6 is 0 Å². The molecule has 25 heavy (non-hydrogen) atoms. The first-order valence-electron chi connectivity index (χ1n) is 9.02. The van der Waals surface area contributed by atoms with Crippen molar-refractivity contribution in [1.29, 1.82) is 0 Å². The second-order valence-electron chi connectivity index (χ2n) is 6.53. The number of nitrogens with zero attached hydrogens (tertiary/aromatic N) is 1. The maximum atomic E-state index is 11.9. The number of benzene rings is 2. The van der Waals surface area contributed by atoms with Crippen LogP contribution in [0, 0.1) is 0 Å². The van der Waals surface area contributed by atoms with Gasteiger partial charge in [0.1, 0.15) is 6.61 Å². The molecule has 4 heteroatoms. The molecule has 0 aliphatic carbocycles. The third kappa shape index (κ3) is 6.00. The standard InChI is InChI=1S/C21H26N2O2/c24-21(22-20-9-2-1-3-10-20)17-25-16-19-8-6-7-18(15-19)11-14-23-12-4-5-13-23/h1-3,6-10,15H,4-5,11-14,16-17H2,(H,22,24). The molecule has 1 saturated heterocycles. The van der Waals surface area contributed by atoms with Crippen LogP contribution in [0.25, 0.3) is 0 Å². The average molecular weight is 338 g/mol. The fourth-order valence-electron chi connectivity index (χ4n) is 3.15. The molecular weight excluding hydrogens is 312 g/mol. The van der Waals surface area contributed by atoms with Gasteiger partial charge in [0, 0.05) is 12.2 Å². The molecule has 1 aliphatic heterocycles. The van der Waals surface area contributed by atoms with Gasteiger partial charge in [0.2, 0.25) is 5.91 Å². The summed E-state index contributed by atoms with van der Waals surface area (Å²) in [6.45, 7) is 4.12. The van der Waals surface area contributed by atoms with Crippen LogP contribution in [0.1, 0.15) is 24.0 Å². The molecule has 1 aliphatic rings. The minimum absolute atomic E-state index is 0.0624. The number of carbonyl (C=O) groups is 1. The van der Waals surface area contributed by atoms with E-state index < -0.39 is 0 Å². The molecule has 0 unspecified atom stereocenters. The molecule has 0 spiro atoms. The van der Waals surface area contributed by atoms with E-state index in [2.05, 4.69) is 34.5 Å². The number of carbonyl (C=O) groups excluding carboxylic acids is 1. The van der Waals surface area contributed by atoms with Crippen molar-refractivity contribution in [3.63, 3.8) is 0 Å². The number of anilines is 1. The SMILES string of the molecule is O=C(COCc1cccc(CCN2CCCC2)c1)Nc1ccccc1. The molecule has 132 valence electrons. The molecule has 1 N–H and O–H groups in total. The van der Waals surface area contributed by atoms with E-state index in [1.807, 2.05) is 30.3 Å². The van der Waals surface area contributed by atoms with Crippen molar-refractivity contribution in [1.82, 2.24) is 4.90 Å². The Morgan fingerprint density at radius 2 is 1.76 bits per heavy atom. The van der Waals surface area contributed by atoms with Crippen LogP contribution in [0.5, 0.6) is 0 Å². The maximum absolute atomic E-state index is 11.9. The number of hydrogen-bond donors (Lipinski definition) is 1. The molecule has 0 radical (unpaired) electrons. The molecule has 1 heterocycles. The van der Waals surface area contributed by atoms with Crippen LogP contribution in [-0.4, -0.2) is 37.0 Å². The van der Waals surface area contributed by atoms with Gasteiger partial charge in [-0.2, -0.15) is 0 Å². The fraction of sp³-hybridized carbons (Fsp3) is 0.381. The van der Waals surface area contributed by atoms with E-state index in [1.54, 1.807) is 0 Å². The summed E-state index contributed by atoms with van der Waals surface area (Å²) in [5.41, 5.74) is 3.24. The van der Waals surface area contributed by atoms with Crippen molar-refractivity contribution < 1.29 is 9.53 Å². The summed E-state index contributed by atoms with van der Waals surface area (Å²) in [6.07, 6.45) is 3.74. The zero-order valence-electron chi connectivity index (χ0n) is 14.6. The van der Waals surface area contributed by atoms with Gasteiger partial charge in [0.15, 0.2) is 0 Å². The van der Waals surface area contributed by atoms with Crippen LogP contribution in [0.4, 0.5) is 5.69 Å². The second kappa shape index (κ2) is 9.35. The van der Waals surface area contributed by atoms with Crippen LogP contribution in [0.3, 0.4) is 0 Å². The monoisotopic (exact) mass is 338 g/mol. The Hall–Kier alpha value is -2.17. The molecule has 2 aromatic rings. The Balaban J connectivity index is 1.40. The zero-order valence-corrected chi connectivity index (χ0v) is 14.6. The van der Waals surface area contributed by atoms with Gasteiger partial charge in [-0.25, -0.2) is 0 Å². The first kappa shape index (κ1) is 17.6. The topological polar surface area (TPSA) is 41.6 Å². The lowest BCUT2D eigenvalue weighted by atomic mass is 10.1. The summed E-state index contributed by atoms with van der Waals surface area (Å²) in [5, 5.41) is 2.82. The van der Waals surface area contributed by atoms with Gasteiger partial charge in [-0.1, -0.05) is 42.5 Å². The molecule has 0 bridgehead atoms. The highest BCUT2D eigenvalue weighted by Gasteiger charge is 2.11. The highest BCUT2D eigenvalue weighted by Crippen LogP contribution is 2.12. The van der Waals surface area contributed by atoms with Gasteiger partial charge >= 0.3 is 0 Å². The average Bonchev–Trinajstić information content (AvgIpc) is 3.15. The third-order valence-corrected chi connectivity index (χ3v) is 4.47. The Labute approximate surface area is 149 Å². The summed E-state index contributed by atoms with van der Waals surface area (Å²) < 4.78 is 5.56. The minimum Gasteiger partial charge on any atom is -0.367 e. The summed E-state index contributed by atoms with van der Waals surface area (Å²) in [5.74, 6) is -0.128. The van der Waals surface area contributed by atoms with E-state index in [0.717, 1.165) is 24.2 Å². The number of nitrogens with one attached hydrogen (secondary N) is 1. The summed E-state index contributed by atoms with van der Waals surface area (Å²) in [6, 6.07) is 17.9. The highest BCUT2D eigenvalue weighted by molar-refractivity contribution is 5.91. The highest BCUT2D eigenvalue weighted by atomic mass is 16.5. The molecule has 2 aromatic carbocycles. The summed E-state index contributed by atoms with van der Waals surface area (Å²) in [4.78, 5) is 14.4. The number of likely N-dealkylation sites (tertiary alicyclic amines) is 1. The van der Waals surface area contributed by atoms with Crippen LogP contribution in [-0.2, 0) is 22.6 Å². The first-order chi connectivity index (χ1) is 12.3. The Kier molecular flexibility index (Phi) is 6.60. The first-order valence-corrected chi connectivity index (χ1v) is 9.02. The normalized spacial score (nSPS) is 14.6. The summed E-state index contributed by atoms with van der Waals surface area (Å²) >= 11 is 0. The molecule has 1 fully saturated rings. The fourth-order valence-corrected chi connectivity index (χ4v) is 3.15. The second-order valence-corrected chi connectivity index (χ2v) is 6.53. The molecule has 0 saturated carbocycles. The maximum Gasteiger partial charge on any atom is 0.250 e. The summed E-state index contributed by atoms with van der Waals surface area (Å²) in [7, 11) is 0. The number of para-hydroxylation sites is 1. The van der Waals surface area contributed by atoms with E-state index in [1.165, 1.54) is 31.5 Å². The number of hydrogen-bond acceptors (Lipinski definition) is 3. The van der Waals surface area contributed by atoms with Crippen molar-refractivity contribution in [3.05, 3.63) is 65.7 Å². The lowest BCUT2D eigenvalue weighted by Gasteiger charge is -2.14. The van der Waals surface area contributed by atoms with Gasteiger partial charge in [-0.15, -0.1) is 0 Å². The molecule has 3 rings (SSSR count). The quantitative estimate of drug-likeness (QED) is 0.801. The predicted molar refractivity (Wildman–Crippen MR) is 101 cm³/mol. The zero-order chi connectivity index (χ0) is 17.3. The lowest BCUT2D eigenvalue weighted by molar-refractivity contribution is -0.121. The van der Waals surface area contributed by atoms with Crippen molar-refractivity contribution >= 4 is 11.6 Å². The largest absolute Gasteiger partial charge is 0.367 e. The van der Waals surface area contributed by atoms with E-state index in [9.17, 15) is 4.79 Å². The van der Waals surface area contributed by atoms with Crippen molar-refractivity contribution in [2.45, 2.75) is 25.9 Å². The molecule has 4 nitrogen and oxygen atoms in total. The molecular formula is C21H26N2O2. The van der Waals surface area contributed by atoms with Crippen molar-refractivity contribution in [2.75, 3.05) is 31.6 Å². The Morgan fingerprint density at radius 3 is 2.56 bits per heavy atom. The number of rotatable bonds is 8. The van der Waals surface area contributed by atoms with E-state index in [-0.39, 0.29) is 12.5 Å². The van der Waals surface area contributed by atoms with E-state index >= 15 is 0 Å². The van der Waals surface area contributed by atoms with Crippen molar-refractivity contribution in [3.8, 4) is 0 Å². The Morgan fingerprint density at radius 1 is 1.00 bits per heavy atom. The van der Waals surface area contributed by atoms with Crippen LogP contribution in [0.15, 0.2) is 54.6 Å². The smallest absolute Gasteiger partial charge is 0.250 e. The van der Waals surface area contributed by atoms with Gasteiger partial charge in [0.25, 0.3) is 0 Å². The Bertz CT molecular complexity index is 667. The van der Waals surface area contributed by atoms with Crippen molar-refractivity contribution in [2.24, 2.45) is 0 Å². The number of amides is 1. The number of ether oxygens (including phenoxy) is 1. The van der Waals surface area contributed by atoms with Gasteiger partial charge < -0.3 is 15.0 Å². The van der Waals surface area contributed by atoms with E-state index in [4.69, 9.17) is 4.74 Å². The van der Waals surface area contributed by atoms with Gasteiger partial charge in [0.05, 0.1) is 6.61 Å². The molecule has 0 atom stereocenters. The predicted octanol–water partition coefficient (Wildman–Crippen LogP) is 3.48.